The molecule has 0 N–H and O–H groups in total. The molecule has 1 heterocycles. The van der Waals surface area contributed by atoms with Gasteiger partial charge in [-0.3, -0.25) is 4.90 Å². The monoisotopic (exact) mass is 483 g/mol. The summed E-state index contributed by atoms with van der Waals surface area (Å²) in [4.78, 5) is 2.11. The molecule has 0 aromatic heterocycles. The van der Waals surface area contributed by atoms with Crippen LogP contribution in [0, 0.1) is 23.0 Å². The largest absolute Gasteiger partial charge is 0.453 e. The van der Waals surface area contributed by atoms with Crippen LogP contribution in [0.4, 0.5) is 8.78 Å². The Labute approximate surface area is 192 Å². The Kier molecular flexibility index (Phi) is 7.72. The molecule has 1 aliphatic carbocycles. The average molecular weight is 484 g/mol. The molecule has 0 amide bonds. The highest BCUT2D eigenvalue weighted by atomic mass is 35.5. The van der Waals surface area contributed by atoms with Crippen LogP contribution in [0.25, 0.3) is 0 Å². The maximum atomic E-state index is 14.1. The molecule has 172 valence electrons. The normalized spacial score (nSPS) is 18.2. The number of benzene rings is 2. The molecule has 4 rings (SSSR count). The van der Waals surface area contributed by atoms with Crippen LogP contribution in [0.2, 0.25) is 0 Å². The molecule has 1 saturated heterocycles. The molecular formula is C22H24ClF2N3O3S. The van der Waals surface area contributed by atoms with Gasteiger partial charge in [-0.05, 0) is 43.2 Å². The van der Waals surface area contributed by atoms with Crippen molar-refractivity contribution in [3.8, 4) is 17.6 Å². The molecule has 1 saturated carbocycles. The van der Waals surface area contributed by atoms with Gasteiger partial charge < -0.3 is 4.74 Å². The fourth-order valence-electron chi connectivity index (χ4n) is 4.25. The summed E-state index contributed by atoms with van der Waals surface area (Å²) in [5.74, 6) is -2.11. The van der Waals surface area contributed by atoms with Crippen molar-refractivity contribution in [1.82, 2.24) is 9.21 Å². The van der Waals surface area contributed by atoms with Crippen LogP contribution < -0.4 is 4.74 Å². The van der Waals surface area contributed by atoms with Gasteiger partial charge in [-0.25, -0.2) is 17.2 Å². The minimum atomic E-state index is -4.00. The molecule has 0 unspecified atom stereocenters. The summed E-state index contributed by atoms with van der Waals surface area (Å²) in [5, 5.41) is 9.24. The first-order valence-electron chi connectivity index (χ1n) is 10.3. The van der Waals surface area contributed by atoms with Gasteiger partial charge in [0, 0.05) is 38.3 Å². The number of rotatable bonds is 5. The first-order chi connectivity index (χ1) is 14.9. The van der Waals surface area contributed by atoms with E-state index in [1.807, 2.05) is 6.07 Å². The Morgan fingerprint density at radius 1 is 0.969 bits per heavy atom. The van der Waals surface area contributed by atoms with Crippen LogP contribution in [0.5, 0.6) is 11.5 Å². The van der Waals surface area contributed by atoms with Gasteiger partial charge in [-0.2, -0.15) is 9.57 Å². The molecule has 6 nitrogen and oxygen atoms in total. The Balaban J connectivity index is 0.00000289. The number of nitriles is 1. The Morgan fingerprint density at radius 2 is 1.66 bits per heavy atom. The third-order valence-corrected chi connectivity index (χ3v) is 7.84. The highest BCUT2D eigenvalue weighted by molar-refractivity contribution is 7.89. The van der Waals surface area contributed by atoms with Crippen LogP contribution >= 0.6 is 12.4 Å². The molecule has 0 radical (unpaired) electrons. The minimum absolute atomic E-state index is 0. The maximum absolute atomic E-state index is 14.1. The van der Waals surface area contributed by atoms with Crippen molar-refractivity contribution >= 4 is 22.4 Å². The molecule has 2 aliphatic rings. The first kappa shape index (κ1) is 24.4. The van der Waals surface area contributed by atoms with E-state index in [4.69, 9.17) is 4.74 Å². The van der Waals surface area contributed by atoms with Crippen LogP contribution in [0.3, 0.4) is 0 Å². The van der Waals surface area contributed by atoms with Gasteiger partial charge in [0.15, 0.2) is 11.6 Å². The second-order valence-corrected chi connectivity index (χ2v) is 9.73. The fraction of sp³-hybridized carbons (Fsp3) is 0.409. The lowest BCUT2D eigenvalue weighted by Gasteiger charge is -2.37. The van der Waals surface area contributed by atoms with E-state index in [0.717, 1.165) is 31.0 Å². The van der Waals surface area contributed by atoms with Crippen molar-refractivity contribution in [2.75, 3.05) is 26.2 Å². The summed E-state index contributed by atoms with van der Waals surface area (Å²) >= 11 is 0. The van der Waals surface area contributed by atoms with E-state index >= 15 is 0 Å². The van der Waals surface area contributed by atoms with E-state index in [9.17, 15) is 22.5 Å². The highest BCUT2D eigenvalue weighted by Gasteiger charge is 2.34. The van der Waals surface area contributed by atoms with Crippen molar-refractivity contribution in [3.05, 3.63) is 53.6 Å². The molecule has 0 bridgehead atoms. The fourth-order valence-corrected chi connectivity index (χ4v) is 5.82. The number of halogens is 3. The summed E-state index contributed by atoms with van der Waals surface area (Å²) in [5.41, 5.74) is 0.134. The zero-order valence-corrected chi connectivity index (χ0v) is 19.0. The lowest BCUT2D eigenvalue weighted by molar-refractivity contribution is 0.139. The molecule has 2 aromatic carbocycles. The minimum Gasteiger partial charge on any atom is -0.453 e. The van der Waals surface area contributed by atoms with Crippen LogP contribution in [0.15, 0.2) is 41.3 Å². The molecular weight excluding hydrogens is 460 g/mol. The number of hydrogen-bond acceptors (Lipinski definition) is 5. The summed E-state index contributed by atoms with van der Waals surface area (Å²) in [6.45, 7) is 1.92. The lowest BCUT2D eigenvalue weighted by Crippen LogP contribution is -2.51. The van der Waals surface area contributed by atoms with E-state index < -0.39 is 27.4 Å². The molecule has 0 spiro atoms. The SMILES string of the molecule is Cl.N#Cc1ccc(Oc2cc(F)ccc2F)c(S(=O)(=O)N2CCN(C3CCCC3)CC2)c1. The van der Waals surface area contributed by atoms with Gasteiger partial charge in [0.2, 0.25) is 10.0 Å². The number of nitrogens with zero attached hydrogens (tertiary/aromatic N) is 3. The van der Waals surface area contributed by atoms with Gasteiger partial charge in [0.25, 0.3) is 0 Å². The molecule has 10 heteroatoms. The van der Waals surface area contributed by atoms with E-state index in [0.29, 0.717) is 32.2 Å². The van der Waals surface area contributed by atoms with Gasteiger partial charge in [-0.1, -0.05) is 12.8 Å². The molecule has 2 fully saturated rings. The van der Waals surface area contributed by atoms with Crippen LogP contribution in [0.1, 0.15) is 31.2 Å². The average Bonchev–Trinajstić information content (AvgIpc) is 3.31. The van der Waals surface area contributed by atoms with Crippen molar-refractivity contribution in [2.45, 2.75) is 36.6 Å². The third-order valence-electron chi connectivity index (χ3n) is 5.92. The summed E-state index contributed by atoms with van der Waals surface area (Å²) in [7, 11) is -4.00. The second-order valence-electron chi connectivity index (χ2n) is 7.83. The number of sulfonamides is 1. The smallest absolute Gasteiger partial charge is 0.246 e. The predicted octanol–water partition coefficient (Wildman–Crippen LogP) is 4.30. The van der Waals surface area contributed by atoms with Crippen molar-refractivity contribution in [1.29, 1.82) is 5.26 Å². The third kappa shape index (κ3) is 5.04. The van der Waals surface area contributed by atoms with Crippen molar-refractivity contribution in [2.24, 2.45) is 0 Å². The van der Waals surface area contributed by atoms with Crippen LogP contribution in [-0.2, 0) is 10.0 Å². The molecule has 2 aromatic rings. The van der Waals surface area contributed by atoms with E-state index in [1.165, 1.54) is 35.3 Å². The van der Waals surface area contributed by atoms with Crippen molar-refractivity contribution in [3.63, 3.8) is 0 Å². The maximum Gasteiger partial charge on any atom is 0.246 e. The number of ether oxygens (including phenoxy) is 1. The molecule has 0 atom stereocenters. The quantitative estimate of drug-likeness (QED) is 0.634. The number of hydrogen-bond donors (Lipinski definition) is 0. The summed E-state index contributed by atoms with van der Waals surface area (Å²) in [6.07, 6.45) is 4.71. The standard InChI is InChI=1S/C22H23F2N3O3S.ClH/c23-17-6-7-19(24)21(14-17)30-20-8-5-16(15-25)13-22(20)31(28,29)27-11-9-26(10-12-27)18-3-1-2-4-18;/h5-8,13-14,18H,1-4,9-12H2;1H. The Morgan fingerprint density at radius 3 is 2.31 bits per heavy atom. The lowest BCUT2D eigenvalue weighted by atomic mass is 10.2. The summed E-state index contributed by atoms with van der Waals surface area (Å²) < 4.78 is 61.2. The first-order valence-corrected chi connectivity index (χ1v) is 11.7. The predicted molar refractivity (Wildman–Crippen MR) is 117 cm³/mol. The van der Waals surface area contributed by atoms with E-state index in [-0.39, 0.29) is 28.6 Å². The van der Waals surface area contributed by atoms with Gasteiger partial charge in [0.1, 0.15) is 16.5 Å². The molecule has 32 heavy (non-hydrogen) atoms. The van der Waals surface area contributed by atoms with Gasteiger partial charge >= 0.3 is 0 Å². The van der Waals surface area contributed by atoms with Crippen LogP contribution in [-0.4, -0.2) is 49.8 Å². The Hall–Kier alpha value is -2.25. The number of piperazine rings is 1. The zero-order valence-electron chi connectivity index (χ0n) is 17.3. The van der Waals surface area contributed by atoms with E-state index in [1.54, 1.807) is 0 Å². The van der Waals surface area contributed by atoms with Gasteiger partial charge in [-0.15, -0.1) is 12.4 Å². The van der Waals surface area contributed by atoms with Crippen molar-refractivity contribution < 1.29 is 21.9 Å². The second kappa shape index (κ2) is 10.1. The Bertz CT molecular complexity index is 1110. The topological polar surface area (TPSA) is 73.6 Å². The summed E-state index contributed by atoms with van der Waals surface area (Å²) in [6, 6.07) is 9.03. The zero-order chi connectivity index (χ0) is 22.0. The van der Waals surface area contributed by atoms with Gasteiger partial charge in [0.05, 0.1) is 11.6 Å². The highest BCUT2D eigenvalue weighted by Crippen LogP contribution is 2.34. The molecule has 1 aliphatic heterocycles. The van der Waals surface area contributed by atoms with E-state index in [2.05, 4.69) is 4.90 Å².